The van der Waals surface area contributed by atoms with Gasteiger partial charge in [-0.05, 0) is 32.1 Å². The summed E-state index contributed by atoms with van der Waals surface area (Å²) in [4.78, 5) is 21.5. The first kappa shape index (κ1) is 24.4. The Kier molecular flexibility index (Phi) is 18.5. The van der Waals surface area contributed by atoms with Crippen LogP contribution in [0.4, 0.5) is 0 Å². The molecule has 1 amide bonds. The molecule has 4 nitrogen and oxygen atoms in total. The van der Waals surface area contributed by atoms with E-state index in [1.165, 1.54) is 77.0 Å². The molecule has 0 aliphatic rings. The van der Waals surface area contributed by atoms with E-state index in [4.69, 9.17) is 5.11 Å². The Morgan fingerprint density at radius 1 is 0.731 bits per heavy atom. The third-order valence-electron chi connectivity index (χ3n) is 4.37. The predicted molar refractivity (Wildman–Crippen MR) is 109 cm³/mol. The molecule has 0 aromatic heterocycles. The second-order valence-electron chi connectivity index (χ2n) is 6.90. The third kappa shape index (κ3) is 20.5. The molecule has 0 fully saturated rings. The zero-order chi connectivity index (χ0) is 19.3. The van der Waals surface area contributed by atoms with Crippen molar-refractivity contribution in [2.45, 2.75) is 96.8 Å². The number of amides is 1. The van der Waals surface area contributed by atoms with Crippen LogP contribution in [-0.4, -0.2) is 23.5 Å². The van der Waals surface area contributed by atoms with Gasteiger partial charge in [-0.15, -0.1) is 0 Å². The SMILES string of the molecule is CCCCCCCC/C=C\CCCCCCCCNC(=O)/C=C/C(=O)O. The fourth-order valence-corrected chi connectivity index (χ4v) is 2.79. The van der Waals surface area contributed by atoms with Crippen LogP contribution < -0.4 is 5.32 Å². The number of carbonyl (C=O) groups is 2. The van der Waals surface area contributed by atoms with Crippen LogP contribution in [0.5, 0.6) is 0 Å². The maximum atomic E-state index is 11.2. The maximum Gasteiger partial charge on any atom is 0.328 e. The lowest BCUT2D eigenvalue weighted by atomic mass is 10.1. The zero-order valence-electron chi connectivity index (χ0n) is 16.7. The first-order chi connectivity index (χ1) is 12.7. The Hall–Kier alpha value is -1.58. The minimum Gasteiger partial charge on any atom is -0.478 e. The molecule has 150 valence electrons. The molecule has 0 heterocycles. The van der Waals surface area contributed by atoms with Crippen LogP contribution in [0.2, 0.25) is 0 Å². The van der Waals surface area contributed by atoms with E-state index >= 15 is 0 Å². The molecular formula is C22H39NO3. The molecule has 0 unspecified atom stereocenters. The van der Waals surface area contributed by atoms with Crippen molar-refractivity contribution < 1.29 is 14.7 Å². The highest BCUT2D eigenvalue weighted by atomic mass is 16.4. The molecule has 0 atom stereocenters. The molecule has 0 saturated carbocycles. The van der Waals surface area contributed by atoms with Crippen LogP contribution in [0.25, 0.3) is 0 Å². The van der Waals surface area contributed by atoms with Crippen molar-refractivity contribution in [3.63, 3.8) is 0 Å². The molecule has 0 radical (unpaired) electrons. The van der Waals surface area contributed by atoms with Gasteiger partial charge in [0, 0.05) is 18.7 Å². The average Bonchev–Trinajstić information content (AvgIpc) is 2.62. The summed E-state index contributed by atoms with van der Waals surface area (Å²) in [6.45, 7) is 2.87. The molecule has 0 aliphatic carbocycles. The summed E-state index contributed by atoms with van der Waals surface area (Å²) in [5.74, 6) is -1.43. The minimum atomic E-state index is -1.10. The predicted octanol–water partition coefficient (Wildman–Crippen LogP) is 5.78. The Bertz CT molecular complexity index is 402. The van der Waals surface area contributed by atoms with Crippen molar-refractivity contribution in [3.05, 3.63) is 24.3 Å². The van der Waals surface area contributed by atoms with Crippen molar-refractivity contribution in [2.24, 2.45) is 0 Å². The molecule has 0 spiro atoms. The fourth-order valence-electron chi connectivity index (χ4n) is 2.79. The highest BCUT2D eigenvalue weighted by Crippen LogP contribution is 2.09. The van der Waals surface area contributed by atoms with Crippen LogP contribution in [0.3, 0.4) is 0 Å². The van der Waals surface area contributed by atoms with Crippen LogP contribution >= 0.6 is 0 Å². The zero-order valence-corrected chi connectivity index (χ0v) is 16.7. The lowest BCUT2D eigenvalue weighted by Crippen LogP contribution is -2.22. The first-order valence-electron chi connectivity index (χ1n) is 10.5. The van der Waals surface area contributed by atoms with Gasteiger partial charge in [0.05, 0.1) is 0 Å². The number of unbranched alkanes of at least 4 members (excludes halogenated alkanes) is 12. The highest BCUT2D eigenvalue weighted by molar-refractivity contribution is 5.93. The molecule has 26 heavy (non-hydrogen) atoms. The van der Waals surface area contributed by atoms with Crippen LogP contribution in [-0.2, 0) is 9.59 Å². The van der Waals surface area contributed by atoms with Gasteiger partial charge in [0.2, 0.25) is 5.91 Å². The number of hydrogen-bond donors (Lipinski definition) is 2. The Balaban J connectivity index is 3.23. The number of nitrogens with one attached hydrogen (secondary N) is 1. The number of hydrogen-bond acceptors (Lipinski definition) is 2. The highest BCUT2D eigenvalue weighted by Gasteiger charge is 1.96. The lowest BCUT2D eigenvalue weighted by molar-refractivity contribution is -0.131. The molecule has 0 rings (SSSR count). The standard InChI is InChI=1S/C22H39NO3/c1-2-3-4-5-6-7-8-9-10-11-12-13-14-15-16-17-20-23-21(24)18-19-22(25)26/h9-10,18-19H,2-8,11-17,20H2,1H3,(H,23,24)(H,25,26)/b10-9-,19-18+. The minimum absolute atomic E-state index is 0.333. The average molecular weight is 366 g/mol. The molecule has 2 N–H and O–H groups in total. The largest absolute Gasteiger partial charge is 0.478 e. The van der Waals surface area contributed by atoms with Gasteiger partial charge in [-0.1, -0.05) is 76.9 Å². The summed E-state index contributed by atoms with van der Waals surface area (Å²) >= 11 is 0. The van der Waals surface area contributed by atoms with E-state index in [2.05, 4.69) is 24.4 Å². The molecule has 0 aliphatic heterocycles. The van der Waals surface area contributed by atoms with Gasteiger partial charge in [-0.25, -0.2) is 4.79 Å². The van der Waals surface area contributed by atoms with Gasteiger partial charge in [0.25, 0.3) is 0 Å². The van der Waals surface area contributed by atoms with Crippen molar-refractivity contribution in [2.75, 3.05) is 6.54 Å². The van der Waals surface area contributed by atoms with E-state index in [0.717, 1.165) is 25.0 Å². The third-order valence-corrected chi connectivity index (χ3v) is 4.37. The van der Waals surface area contributed by atoms with Crippen molar-refractivity contribution in [1.29, 1.82) is 0 Å². The van der Waals surface area contributed by atoms with Crippen molar-refractivity contribution >= 4 is 11.9 Å². The monoisotopic (exact) mass is 365 g/mol. The van der Waals surface area contributed by atoms with Gasteiger partial charge >= 0.3 is 5.97 Å². The second-order valence-corrected chi connectivity index (χ2v) is 6.90. The van der Waals surface area contributed by atoms with Gasteiger partial charge in [0.15, 0.2) is 0 Å². The molecule has 0 saturated heterocycles. The number of allylic oxidation sites excluding steroid dienone is 2. The van der Waals surface area contributed by atoms with Crippen LogP contribution in [0, 0.1) is 0 Å². The van der Waals surface area contributed by atoms with Crippen molar-refractivity contribution in [3.8, 4) is 0 Å². The Morgan fingerprint density at radius 2 is 1.23 bits per heavy atom. The van der Waals surface area contributed by atoms with E-state index in [0.29, 0.717) is 6.54 Å². The molecule has 0 aromatic rings. The number of rotatable bonds is 18. The smallest absolute Gasteiger partial charge is 0.328 e. The second kappa shape index (κ2) is 19.7. The van der Waals surface area contributed by atoms with Crippen LogP contribution in [0.1, 0.15) is 96.8 Å². The van der Waals surface area contributed by atoms with Crippen LogP contribution in [0.15, 0.2) is 24.3 Å². The van der Waals surface area contributed by atoms with Gasteiger partial charge in [0.1, 0.15) is 0 Å². The number of aliphatic carboxylic acids is 1. The summed E-state index contributed by atoms with van der Waals surface area (Å²) in [7, 11) is 0. The van der Waals surface area contributed by atoms with Gasteiger partial charge in [-0.2, -0.15) is 0 Å². The molecule has 4 heteroatoms. The quantitative estimate of drug-likeness (QED) is 0.184. The maximum absolute atomic E-state index is 11.2. The molecule has 0 bridgehead atoms. The summed E-state index contributed by atoms with van der Waals surface area (Å²) in [6.07, 6.45) is 24.3. The summed E-state index contributed by atoms with van der Waals surface area (Å²) < 4.78 is 0. The Labute approximate surface area is 160 Å². The summed E-state index contributed by atoms with van der Waals surface area (Å²) in [5, 5.41) is 11.1. The number of carboxylic acids is 1. The topological polar surface area (TPSA) is 66.4 Å². The van der Waals surface area contributed by atoms with E-state index in [-0.39, 0.29) is 5.91 Å². The Morgan fingerprint density at radius 3 is 1.77 bits per heavy atom. The molecular weight excluding hydrogens is 326 g/mol. The van der Waals surface area contributed by atoms with E-state index in [1.807, 2.05) is 0 Å². The fraction of sp³-hybridized carbons (Fsp3) is 0.727. The van der Waals surface area contributed by atoms with Crippen molar-refractivity contribution in [1.82, 2.24) is 5.32 Å². The lowest BCUT2D eigenvalue weighted by Gasteiger charge is -2.02. The first-order valence-corrected chi connectivity index (χ1v) is 10.5. The van der Waals surface area contributed by atoms with E-state index in [1.54, 1.807) is 0 Å². The molecule has 0 aromatic carbocycles. The number of carboxylic acid groups (broad SMARTS) is 1. The summed E-state index contributed by atoms with van der Waals surface area (Å²) in [5.41, 5.74) is 0. The number of carbonyl (C=O) groups excluding carboxylic acids is 1. The van der Waals surface area contributed by atoms with Gasteiger partial charge < -0.3 is 10.4 Å². The normalized spacial score (nSPS) is 11.4. The van der Waals surface area contributed by atoms with E-state index < -0.39 is 5.97 Å². The van der Waals surface area contributed by atoms with Gasteiger partial charge in [-0.3, -0.25) is 4.79 Å². The van der Waals surface area contributed by atoms with E-state index in [9.17, 15) is 9.59 Å². The summed E-state index contributed by atoms with van der Waals surface area (Å²) in [6, 6.07) is 0.